The van der Waals surface area contributed by atoms with Crippen LogP contribution in [0.1, 0.15) is 12.8 Å². The number of anilines is 1. The maximum absolute atomic E-state index is 12.6. The number of piperidine rings is 1. The highest BCUT2D eigenvalue weighted by molar-refractivity contribution is 6.41. The average Bonchev–Trinajstić information content (AvgIpc) is 3.11. The number of hydrogen-bond donors (Lipinski definition) is 1. The van der Waals surface area contributed by atoms with Gasteiger partial charge in [0.25, 0.3) is 0 Å². The Balaban J connectivity index is 1.61. The number of aromatic nitrogens is 4. The molecule has 1 aliphatic heterocycles. The summed E-state index contributed by atoms with van der Waals surface area (Å²) in [6.45, 7) is 1.85. The van der Waals surface area contributed by atoms with E-state index in [4.69, 9.17) is 7.85 Å². The number of amides is 1. The molecule has 0 unspecified atom stereocenters. The van der Waals surface area contributed by atoms with Gasteiger partial charge in [-0.1, -0.05) is 0 Å². The van der Waals surface area contributed by atoms with Crippen molar-refractivity contribution in [2.24, 2.45) is 13.0 Å². The minimum atomic E-state index is -0.0231. The van der Waals surface area contributed by atoms with Crippen LogP contribution in [0.3, 0.4) is 0 Å². The minimum absolute atomic E-state index is 0.00668. The average molecular weight is 360 g/mol. The molecule has 2 radical (unpaired) electrons. The normalized spacial score (nSPS) is 15.9. The number of nitrogens with zero attached hydrogens (tertiary/aromatic N) is 5. The molecule has 0 aromatic carbocycles. The van der Waals surface area contributed by atoms with Gasteiger partial charge in [0, 0.05) is 36.3 Å². The Labute approximate surface area is 159 Å². The van der Waals surface area contributed by atoms with Gasteiger partial charge >= 0.3 is 0 Å². The van der Waals surface area contributed by atoms with Gasteiger partial charge in [0.1, 0.15) is 13.7 Å². The Morgan fingerprint density at radius 2 is 2.00 bits per heavy atom. The molecule has 1 amide bonds. The third-order valence-corrected chi connectivity index (χ3v) is 5.10. The van der Waals surface area contributed by atoms with Crippen LogP contribution >= 0.6 is 0 Å². The minimum Gasteiger partial charge on any atom is -0.311 e. The summed E-state index contributed by atoms with van der Waals surface area (Å²) >= 11 is 0. The zero-order chi connectivity index (χ0) is 19.0. The van der Waals surface area contributed by atoms with Crippen LogP contribution in [0.2, 0.25) is 0 Å². The summed E-state index contributed by atoms with van der Waals surface area (Å²) in [6, 6.07) is 3.84. The fraction of sp³-hybridized carbons (Fsp3) is 0.368. The van der Waals surface area contributed by atoms with Gasteiger partial charge in [0.15, 0.2) is 0 Å². The summed E-state index contributed by atoms with van der Waals surface area (Å²) in [4.78, 5) is 23.8. The molecule has 1 N–H and O–H groups in total. The fourth-order valence-corrected chi connectivity index (χ4v) is 3.41. The number of carbonyl (C=O) groups excluding carboxylic acids is 1. The van der Waals surface area contributed by atoms with E-state index >= 15 is 0 Å². The van der Waals surface area contributed by atoms with Gasteiger partial charge in [-0.2, -0.15) is 5.10 Å². The van der Waals surface area contributed by atoms with E-state index in [9.17, 15) is 4.79 Å². The Morgan fingerprint density at radius 3 is 2.70 bits per heavy atom. The summed E-state index contributed by atoms with van der Waals surface area (Å²) in [6.07, 6.45) is 7.04. The predicted octanol–water partition coefficient (Wildman–Crippen LogP) is 1.10. The Bertz CT molecular complexity index is 993. The van der Waals surface area contributed by atoms with Gasteiger partial charge in [0.2, 0.25) is 5.91 Å². The number of aryl methyl sites for hydroxylation is 1. The lowest BCUT2D eigenvalue weighted by Crippen LogP contribution is -2.36. The van der Waals surface area contributed by atoms with Gasteiger partial charge in [-0.05, 0) is 50.6 Å². The molecule has 27 heavy (non-hydrogen) atoms. The first-order valence-corrected chi connectivity index (χ1v) is 9.05. The van der Waals surface area contributed by atoms with E-state index in [1.165, 1.54) is 0 Å². The molecule has 8 heteroatoms. The van der Waals surface area contributed by atoms with E-state index in [-0.39, 0.29) is 11.8 Å². The van der Waals surface area contributed by atoms with Crippen molar-refractivity contribution < 1.29 is 4.79 Å². The van der Waals surface area contributed by atoms with Crippen molar-refractivity contribution in [1.29, 1.82) is 0 Å². The second-order valence-corrected chi connectivity index (χ2v) is 7.12. The highest BCUT2D eigenvalue weighted by Crippen LogP contribution is 2.21. The molecule has 4 heterocycles. The summed E-state index contributed by atoms with van der Waals surface area (Å²) in [5.74, 6) is 0.347. The molecule has 136 valence electrons. The van der Waals surface area contributed by atoms with Crippen LogP contribution in [0, 0.1) is 5.92 Å². The predicted molar refractivity (Wildman–Crippen MR) is 106 cm³/mol. The van der Waals surface area contributed by atoms with Crippen LogP contribution in [0.25, 0.3) is 22.2 Å². The Kier molecular flexibility index (Phi) is 4.65. The second kappa shape index (κ2) is 7.11. The Hall–Kier alpha value is -2.74. The molecule has 0 spiro atoms. The molecular weight excluding hydrogens is 339 g/mol. The first-order valence-electron chi connectivity index (χ1n) is 9.05. The van der Waals surface area contributed by atoms with Gasteiger partial charge < -0.3 is 10.2 Å². The molecule has 1 fully saturated rings. The maximum atomic E-state index is 12.6. The molecule has 0 atom stereocenters. The summed E-state index contributed by atoms with van der Waals surface area (Å²) in [7, 11) is 10.2. The van der Waals surface area contributed by atoms with Gasteiger partial charge in [-0.3, -0.25) is 9.48 Å². The maximum Gasteiger partial charge on any atom is 0.228 e. The van der Waals surface area contributed by atoms with Crippen molar-refractivity contribution in [3.05, 3.63) is 30.7 Å². The molecule has 4 rings (SSSR count). The Morgan fingerprint density at radius 1 is 1.22 bits per heavy atom. The zero-order valence-corrected chi connectivity index (χ0v) is 15.5. The van der Waals surface area contributed by atoms with E-state index < -0.39 is 0 Å². The van der Waals surface area contributed by atoms with E-state index in [2.05, 4.69) is 32.3 Å². The van der Waals surface area contributed by atoms with Crippen LogP contribution in [-0.2, 0) is 11.8 Å². The van der Waals surface area contributed by atoms with E-state index in [1.54, 1.807) is 17.1 Å². The molecule has 1 saturated heterocycles. The van der Waals surface area contributed by atoms with Crippen molar-refractivity contribution >= 4 is 35.9 Å². The first-order chi connectivity index (χ1) is 13.0. The third kappa shape index (κ3) is 3.57. The summed E-state index contributed by atoms with van der Waals surface area (Å²) < 4.78 is 1.73. The van der Waals surface area contributed by atoms with E-state index in [0.717, 1.165) is 42.6 Å². The monoisotopic (exact) mass is 360 g/mol. The first kappa shape index (κ1) is 17.7. The number of rotatable bonds is 3. The number of carbonyl (C=O) groups is 1. The second-order valence-electron chi connectivity index (χ2n) is 7.12. The summed E-state index contributed by atoms with van der Waals surface area (Å²) in [5, 5.41) is 7.91. The molecule has 1 aliphatic rings. The molecular formula is C19H21BN6O. The molecule has 3 aromatic heterocycles. The van der Waals surface area contributed by atoms with Crippen molar-refractivity contribution in [2.75, 3.05) is 25.5 Å². The van der Waals surface area contributed by atoms with Crippen LogP contribution in [0.5, 0.6) is 0 Å². The topological polar surface area (TPSA) is 75.9 Å². The van der Waals surface area contributed by atoms with Gasteiger partial charge in [-0.15, -0.1) is 0 Å². The zero-order valence-electron chi connectivity index (χ0n) is 15.5. The van der Waals surface area contributed by atoms with E-state index in [0.29, 0.717) is 16.8 Å². The lowest BCUT2D eigenvalue weighted by molar-refractivity contribution is -0.121. The molecule has 0 saturated carbocycles. The van der Waals surface area contributed by atoms with Crippen LogP contribution in [-0.4, -0.2) is 58.5 Å². The van der Waals surface area contributed by atoms with Crippen LogP contribution in [0.15, 0.2) is 30.7 Å². The van der Waals surface area contributed by atoms with Crippen molar-refractivity contribution in [2.45, 2.75) is 12.8 Å². The third-order valence-electron chi connectivity index (χ3n) is 5.10. The number of hydrogen-bond acceptors (Lipinski definition) is 5. The highest BCUT2D eigenvalue weighted by Gasteiger charge is 2.24. The molecule has 0 aliphatic carbocycles. The van der Waals surface area contributed by atoms with Crippen molar-refractivity contribution in [1.82, 2.24) is 24.6 Å². The van der Waals surface area contributed by atoms with E-state index in [1.807, 2.05) is 25.4 Å². The number of pyridine rings is 2. The highest BCUT2D eigenvalue weighted by atomic mass is 16.1. The standard InChI is InChI=1S/C19H21BN6O/c1-25-7-5-12(6-8-25)19(27)24-18-16(20)17-13(9-21-18)3-4-15(23-17)14-10-22-26(2)11-14/h3-4,9-12H,5-8H2,1-2H3,(H,21,24,27). The fourth-order valence-electron chi connectivity index (χ4n) is 3.41. The molecule has 0 bridgehead atoms. The molecule has 3 aromatic rings. The SMILES string of the molecule is [B]c1c(NC(=O)C2CCN(C)CC2)ncc2ccc(-c3cnn(C)c3)nc12. The van der Waals surface area contributed by atoms with Crippen LogP contribution < -0.4 is 10.8 Å². The lowest BCUT2D eigenvalue weighted by atomic mass is 9.92. The quantitative estimate of drug-likeness (QED) is 0.708. The summed E-state index contributed by atoms with van der Waals surface area (Å²) in [5.41, 5.74) is 2.71. The number of nitrogens with one attached hydrogen (secondary N) is 1. The largest absolute Gasteiger partial charge is 0.311 e. The van der Waals surface area contributed by atoms with Crippen LogP contribution in [0.4, 0.5) is 5.82 Å². The van der Waals surface area contributed by atoms with Gasteiger partial charge in [0.05, 0.1) is 17.4 Å². The van der Waals surface area contributed by atoms with Gasteiger partial charge in [-0.25, -0.2) is 9.97 Å². The molecule has 7 nitrogen and oxygen atoms in total. The lowest BCUT2D eigenvalue weighted by Gasteiger charge is -2.28. The van der Waals surface area contributed by atoms with Crippen molar-refractivity contribution in [3.63, 3.8) is 0 Å². The smallest absolute Gasteiger partial charge is 0.228 e. The number of likely N-dealkylation sites (tertiary alicyclic amines) is 1. The number of fused-ring (bicyclic) bond motifs is 1. The van der Waals surface area contributed by atoms with Crippen molar-refractivity contribution in [3.8, 4) is 11.3 Å².